The molecule has 0 bridgehead atoms. The number of furan rings is 1. The number of rotatable bonds is 5. The van der Waals surface area contributed by atoms with Crippen LogP contribution in [0.1, 0.15) is 10.4 Å². The minimum atomic E-state index is -0.632. The number of urea groups is 1. The third-order valence-electron chi connectivity index (χ3n) is 3.99. The van der Waals surface area contributed by atoms with Gasteiger partial charge in [0.2, 0.25) is 0 Å². The van der Waals surface area contributed by atoms with Gasteiger partial charge in [-0.15, -0.1) is 5.10 Å². The summed E-state index contributed by atoms with van der Waals surface area (Å²) in [7, 11) is 0. The van der Waals surface area contributed by atoms with E-state index in [9.17, 15) is 9.59 Å². The van der Waals surface area contributed by atoms with E-state index in [1.54, 1.807) is 42.5 Å². The fraction of sp³-hybridized carbons (Fsp3) is 0. The van der Waals surface area contributed by atoms with Crippen molar-refractivity contribution in [2.24, 2.45) is 5.73 Å². The first kappa shape index (κ1) is 18.0. The first-order valence-corrected chi connectivity index (χ1v) is 8.54. The van der Waals surface area contributed by atoms with E-state index >= 15 is 0 Å². The predicted octanol–water partition coefficient (Wildman–Crippen LogP) is 3.74. The fourth-order valence-corrected chi connectivity index (χ4v) is 2.67. The lowest BCUT2D eigenvalue weighted by molar-refractivity contribution is 0.102. The van der Waals surface area contributed by atoms with Crippen molar-refractivity contribution in [1.29, 1.82) is 0 Å². The van der Waals surface area contributed by atoms with Gasteiger partial charge >= 0.3 is 12.0 Å². The highest BCUT2D eigenvalue weighted by molar-refractivity contribution is 6.03. The molecule has 9 heteroatoms. The molecule has 0 atom stereocenters. The van der Waals surface area contributed by atoms with Crippen molar-refractivity contribution in [3.63, 3.8) is 0 Å². The number of benzene rings is 2. The number of hydrogen-bond acceptors (Lipinski definition) is 6. The van der Waals surface area contributed by atoms with Crippen molar-refractivity contribution >= 4 is 23.6 Å². The molecule has 0 saturated heterocycles. The molecule has 2 aromatic carbocycles. The summed E-state index contributed by atoms with van der Waals surface area (Å²) in [6, 6.07) is 16.8. The van der Waals surface area contributed by atoms with Crippen LogP contribution in [0.2, 0.25) is 0 Å². The Labute approximate surface area is 164 Å². The zero-order valence-corrected chi connectivity index (χ0v) is 15.0. The van der Waals surface area contributed by atoms with E-state index in [1.807, 2.05) is 18.2 Å². The molecule has 2 aromatic heterocycles. The molecule has 0 aliphatic rings. The predicted molar refractivity (Wildman–Crippen MR) is 105 cm³/mol. The Morgan fingerprint density at radius 1 is 0.897 bits per heavy atom. The molecule has 0 spiro atoms. The van der Waals surface area contributed by atoms with Gasteiger partial charge in [-0.2, -0.15) is 0 Å². The van der Waals surface area contributed by atoms with Gasteiger partial charge in [-0.25, -0.2) is 4.79 Å². The normalized spacial score (nSPS) is 10.5. The van der Waals surface area contributed by atoms with Crippen LogP contribution in [0.15, 0.2) is 75.8 Å². The summed E-state index contributed by atoms with van der Waals surface area (Å²) in [5.74, 6) is 0.187. The molecule has 4 rings (SSSR count). The van der Waals surface area contributed by atoms with E-state index in [0.717, 1.165) is 11.1 Å². The highest BCUT2D eigenvalue weighted by atomic mass is 16.4. The van der Waals surface area contributed by atoms with Gasteiger partial charge in [0.15, 0.2) is 5.76 Å². The summed E-state index contributed by atoms with van der Waals surface area (Å²) in [6.07, 6.45) is 1.49. The van der Waals surface area contributed by atoms with Crippen molar-refractivity contribution in [2.45, 2.75) is 0 Å². The van der Waals surface area contributed by atoms with E-state index in [4.69, 9.17) is 14.6 Å². The maximum atomic E-state index is 12.5. The lowest BCUT2D eigenvalue weighted by Gasteiger charge is -2.07. The van der Waals surface area contributed by atoms with Crippen molar-refractivity contribution in [1.82, 2.24) is 10.2 Å². The Hall–Kier alpha value is -4.40. The smallest absolute Gasteiger partial charge is 0.322 e. The molecule has 29 heavy (non-hydrogen) atoms. The SMILES string of the molecule is NC(=O)Nc1ccc(-c2cccc(C(=O)Nc3nnc(-c4ccco4)o3)c2)cc1. The molecule has 9 nitrogen and oxygen atoms in total. The van der Waals surface area contributed by atoms with Gasteiger partial charge in [-0.3, -0.25) is 10.1 Å². The first-order chi connectivity index (χ1) is 14.1. The summed E-state index contributed by atoms with van der Waals surface area (Å²) in [4.78, 5) is 23.5. The first-order valence-electron chi connectivity index (χ1n) is 8.54. The van der Waals surface area contributed by atoms with E-state index in [-0.39, 0.29) is 11.9 Å². The second kappa shape index (κ2) is 7.69. The maximum Gasteiger partial charge on any atom is 0.322 e. The van der Waals surface area contributed by atoms with E-state index in [0.29, 0.717) is 17.0 Å². The number of amides is 3. The van der Waals surface area contributed by atoms with E-state index < -0.39 is 11.9 Å². The number of carbonyl (C=O) groups is 2. The number of aromatic nitrogens is 2. The standard InChI is InChI=1S/C20H15N5O4/c21-19(27)22-15-8-6-12(7-9-15)13-3-1-4-14(11-13)17(26)23-20-25-24-18(29-20)16-5-2-10-28-16/h1-11H,(H3,21,22,27)(H,23,25,26). The Morgan fingerprint density at radius 2 is 1.72 bits per heavy atom. The van der Waals surface area contributed by atoms with Gasteiger partial charge in [-0.05, 0) is 47.5 Å². The van der Waals surface area contributed by atoms with Gasteiger partial charge in [0.05, 0.1) is 6.26 Å². The zero-order valence-electron chi connectivity index (χ0n) is 15.0. The third-order valence-corrected chi connectivity index (χ3v) is 3.99. The summed E-state index contributed by atoms with van der Waals surface area (Å²) >= 11 is 0. The Bertz CT molecular complexity index is 1150. The topological polar surface area (TPSA) is 136 Å². The average Bonchev–Trinajstić information content (AvgIpc) is 3.40. The maximum absolute atomic E-state index is 12.5. The summed E-state index contributed by atoms with van der Waals surface area (Å²) in [5.41, 5.74) is 7.79. The van der Waals surface area contributed by atoms with Crippen molar-refractivity contribution in [2.75, 3.05) is 10.6 Å². The van der Waals surface area contributed by atoms with Crippen LogP contribution in [0.5, 0.6) is 0 Å². The number of carbonyl (C=O) groups excluding carboxylic acids is 2. The molecular weight excluding hydrogens is 374 g/mol. The molecule has 0 unspecified atom stereocenters. The monoisotopic (exact) mass is 389 g/mol. The molecule has 0 fully saturated rings. The third kappa shape index (κ3) is 4.14. The number of nitrogens with zero attached hydrogens (tertiary/aromatic N) is 2. The van der Waals surface area contributed by atoms with Crippen molar-refractivity contribution < 1.29 is 18.4 Å². The van der Waals surface area contributed by atoms with Crippen LogP contribution in [0.3, 0.4) is 0 Å². The zero-order chi connectivity index (χ0) is 20.2. The van der Waals surface area contributed by atoms with Crippen LogP contribution < -0.4 is 16.4 Å². The highest BCUT2D eigenvalue weighted by Gasteiger charge is 2.14. The van der Waals surface area contributed by atoms with E-state index in [2.05, 4.69) is 20.8 Å². The van der Waals surface area contributed by atoms with Crippen LogP contribution in [-0.2, 0) is 0 Å². The Balaban J connectivity index is 1.49. The Kier molecular flexibility index (Phi) is 4.77. The summed E-state index contributed by atoms with van der Waals surface area (Å²) < 4.78 is 10.6. The number of anilines is 2. The molecule has 2 heterocycles. The van der Waals surface area contributed by atoms with Crippen LogP contribution in [0.25, 0.3) is 22.8 Å². The van der Waals surface area contributed by atoms with Gasteiger partial charge in [-0.1, -0.05) is 29.4 Å². The minimum Gasteiger partial charge on any atom is -0.459 e. The highest BCUT2D eigenvalue weighted by Crippen LogP contribution is 2.24. The number of nitrogens with one attached hydrogen (secondary N) is 2. The number of hydrogen-bond donors (Lipinski definition) is 3. The van der Waals surface area contributed by atoms with Crippen molar-refractivity contribution in [3.8, 4) is 22.8 Å². The molecule has 0 aliphatic carbocycles. The summed E-state index contributed by atoms with van der Waals surface area (Å²) in [6.45, 7) is 0. The van der Waals surface area contributed by atoms with Crippen LogP contribution in [-0.4, -0.2) is 22.1 Å². The number of primary amides is 1. The van der Waals surface area contributed by atoms with Gasteiger partial charge < -0.3 is 19.9 Å². The molecule has 0 aliphatic heterocycles. The molecule has 4 N–H and O–H groups in total. The van der Waals surface area contributed by atoms with Gasteiger partial charge in [0, 0.05) is 11.3 Å². The lowest BCUT2D eigenvalue weighted by Crippen LogP contribution is -2.19. The van der Waals surface area contributed by atoms with Crippen molar-refractivity contribution in [3.05, 3.63) is 72.5 Å². The minimum absolute atomic E-state index is 0.0336. The molecule has 144 valence electrons. The molecule has 0 saturated carbocycles. The van der Waals surface area contributed by atoms with Crippen LogP contribution in [0, 0.1) is 0 Å². The molecular formula is C20H15N5O4. The summed E-state index contributed by atoms with van der Waals surface area (Å²) in [5, 5.41) is 12.7. The molecule has 4 aromatic rings. The largest absolute Gasteiger partial charge is 0.459 e. The Morgan fingerprint density at radius 3 is 2.45 bits per heavy atom. The van der Waals surface area contributed by atoms with Gasteiger partial charge in [0.1, 0.15) is 0 Å². The second-order valence-corrected chi connectivity index (χ2v) is 5.99. The second-order valence-electron chi connectivity index (χ2n) is 5.99. The van der Waals surface area contributed by atoms with Gasteiger partial charge in [0.25, 0.3) is 11.8 Å². The van der Waals surface area contributed by atoms with E-state index in [1.165, 1.54) is 6.26 Å². The average molecular weight is 389 g/mol. The quantitative estimate of drug-likeness (QED) is 0.476. The molecule has 3 amide bonds. The van der Waals surface area contributed by atoms with Crippen LogP contribution >= 0.6 is 0 Å². The number of nitrogens with two attached hydrogens (primary N) is 1. The van der Waals surface area contributed by atoms with Crippen LogP contribution in [0.4, 0.5) is 16.5 Å². The molecule has 0 radical (unpaired) electrons. The lowest BCUT2D eigenvalue weighted by atomic mass is 10.0. The fourth-order valence-electron chi connectivity index (χ4n) is 2.67.